The Bertz CT molecular complexity index is 704. The Balaban J connectivity index is 2.13. The molecule has 0 spiro atoms. The van der Waals surface area contributed by atoms with Crippen LogP contribution < -0.4 is 20.1 Å². The Kier molecular flexibility index (Phi) is 5.95. The first-order valence-corrected chi connectivity index (χ1v) is 7.62. The number of carbonyl (C=O) groups excluding carboxylic acids is 1. The maximum atomic E-state index is 12.1. The maximum Gasteiger partial charge on any atom is 0.270 e. The number of hydrogen-bond donors (Lipinski definition) is 2. The van der Waals surface area contributed by atoms with E-state index in [1.807, 2.05) is 19.9 Å². The van der Waals surface area contributed by atoms with Gasteiger partial charge >= 0.3 is 0 Å². The molecule has 7 nitrogen and oxygen atoms in total. The average Bonchev–Trinajstić information content (AvgIpc) is 2.59. The number of amides is 1. The normalized spacial score (nSPS) is 10.4. The summed E-state index contributed by atoms with van der Waals surface area (Å²) in [6.07, 6.45) is 1.35. The highest BCUT2D eigenvalue weighted by atomic mass is 16.5. The molecule has 0 saturated carbocycles. The fourth-order valence-electron chi connectivity index (χ4n) is 2.00. The molecular weight excluding hydrogens is 308 g/mol. The molecule has 0 saturated heterocycles. The van der Waals surface area contributed by atoms with Gasteiger partial charge in [0, 0.05) is 24.4 Å². The Morgan fingerprint density at radius 2 is 1.88 bits per heavy atom. The number of rotatable bonds is 7. The molecule has 24 heavy (non-hydrogen) atoms. The molecule has 0 aliphatic rings. The zero-order chi connectivity index (χ0) is 17.5. The van der Waals surface area contributed by atoms with Gasteiger partial charge in [-0.05, 0) is 18.1 Å². The van der Waals surface area contributed by atoms with Gasteiger partial charge in [-0.2, -0.15) is 0 Å². The maximum absolute atomic E-state index is 12.1. The second kappa shape index (κ2) is 8.14. The summed E-state index contributed by atoms with van der Waals surface area (Å²) in [7, 11) is 3.15. The molecule has 7 heteroatoms. The zero-order valence-corrected chi connectivity index (χ0v) is 14.3. The summed E-state index contributed by atoms with van der Waals surface area (Å²) in [6.45, 7) is 4.66. The molecule has 0 fully saturated rings. The molecule has 2 rings (SSSR count). The lowest BCUT2D eigenvalue weighted by Gasteiger charge is -2.11. The van der Waals surface area contributed by atoms with Crippen molar-refractivity contribution in [3.63, 3.8) is 0 Å². The summed E-state index contributed by atoms with van der Waals surface area (Å²) in [5, 5.41) is 5.95. The van der Waals surface area contributed by atoms with Crippen molar-refractivity contribution in [3.8, 4) is 11.5 Å². The minimum absolute atomic E-state index is 0.221. The van der Waals surface area contributed by atoms with Gasteiger partial charge in [0.1, 0.15) is 17.8 Å². The standard InChI is InChI=1S/C17H22N4O3/c1-11(2)9-18-17(22)13-8-16(20-10-19-13)21-12-5-6-14(23-3)15(7-12)24-4/h5-8,10-11H,9H2,1-4H3,(H,18,22)(H,19,20,21). The zero-order valence-electron chi connectivity index (χ0n) is 14.3. The highest BCUT2D eigenvalue weighted by Crippen LogP contribution is 2.30. The van der Waals surface area contributed by atoms with Crippen molar-refractivity contribution in [2.24, 2.45) is 5.92 Å². The lowest BCUT2D eigenvalue weighted by Crippen LogP contribution is -2.28. The summed E-state index contributed by atoms with van der Waals surface area (Å²) in [5.41, 5.74) is 1.08. The molecule has 1 heterocycles. The Labute approximate surface area is 141 Å². The van der Waals surface area contributed by atoms with Gasteiger partial charge in [0.2, 0.25) is 0 Å². The number of nitrogens with zero attached hydrogens (tertiary/aromatic N) is 2. The highest BCUT2D eigenvalue weighted by molar-refractivity contribution is 5.92. The van der Waals surface area contributed by atoms with Gasteiger partial charge in [-0.15, -0.1) is 0 Å². The van der Waals surface area contributed by atoms with Crippen molar-refractivity contribution in [2.75, 3.05) is 26.1 Å². The monoisotopic (exact) mass is 330 g/mol. The molecule has 0 aliphatic carbocycles. The van der Waals surface area contributed by atoms with Crippen LogP contribution in [0.3, 0.4) is 0 Å². The number of carbonyl (C=O) groups is 1. The predicted molar refractivity (Wildman–Crippen MR) is 92.0 cm³/mol. The third-order valence-corrected chi connectivity index (χ3v) is 3.23. The fraction of sp³-hybridized carbons (Fsp3) is 0.353. The van der Waals surface area contributed by atoms with E-state index in [1.54, 1.807) is 32.4 Å². The van der Waals surface area contributed by atoms with E-state index in [9.17, 15) is 4.79 Å². The number of anilines is 2. The van der Waals surface area contributed by atoms with E-state index in [1.165, 1.54) is 6.33 Å². The number of benzene rings is 1. The number of hydrogen-bond acceptors (Lipinski definition) is 6. The van der Waals surface area contributed by atoms with Gasteiger partial charge in [0.25, 0.3) is 5.91 Å². The van der Waals surface area contributed by atoms with Crippen molar-refractivity contribution >= 4 is 17.4 Å². The Morgan fingerprint density at radius 3 is 2.54 bits per heavy atom. The van der Waals surface area contributed by atoms with Crippen LogP contribution in [0.2, 0.25) is 0 Å². The van der Waals surface area contributed by atoms with Crippen LogP contribution in [0.25, 0.3) is 0 Å². The van der Waals surface area contributed by atoms with Crippen LogP contribution in [0, 0.1) is 5.92 Å². The van der Waals surface area contributed by atoms with E-state index >= 15 is 0 Å². The number of nitrogens with one attached hydrogen (secondary N) is 2. The van der Waals surface area contributed by atoms with Crippen LogP contribution in [0.1, 0.15) is 24.3 Å². The van der Waals surface area contributed by atoms with E-state index in [2.05, 4.69) is 20.6 Å². The first kappa shape index (κ1) is 17.5. The topological polar surface area (TPSA) is 85.4 Å². The summed E-state index contributed by atoms with van der Waals surface area (Å²) in [4.78, 5) is 20.2. The van der Waals surface area contributed by atoms with Crippen molar-refractivity contribution in [2.45, 2.75) is 13.8 Å². The van der Waals surface area contributed by atoms with Crippen LogP contribution in [-0.4, -0.2) is 36.6 Å². The van der Waals surface area contributed by atoms with Gasteiger partial charge in [0.15, 0.2) is 11.5 Å². The largest absolute Gasteiger partial charge is 0.493 e. The number of methoxy groups -OCH3 is 2. The minimum Gasteiger partial charge on any atom is -0.493 e. The molecule has 128 valence electrons. The van der Waals surface area contributed by atoms with Crippen molar-refractivity contribution in [1.82, 2.24) is 15.3 Å². The summed E-state index contributed by atoms with van der Waals surface area (Å²) >= 11 is 0. The van der Waals surface area contributed by atoms with Gasteiger partial charge in [-0.3, -0.25) is 4.79 Å². The minimum atomic E-state index is -0.221. The van der Waals surface area contributed by atoms with E-state index < -0.39 is 0 Å². The van der Waals surface area contributed by atoms with Crippen molar-refractivity contribution < 1.29 is 14.3 Å². The third-order valence-electron chi connectivity index (χ3n) is 3.23. The van der Waals surface area contributed by atoms with Crippen LogP contribution >= 0.6 is 0 Å². The fourth-order valence-corrected chi connectivity index (χ4v) is 2.00. The molecule has 0 bridgehead atoms. The molecular formula is C17H22N4O3. The lowest BCUT2D eigenvalue weighted by molar-refractivity contribution is 0.0944. The first-order valence-electron chi connectivity index (χ1n) is 7.62. The van der Waals surface area contributed by atoms with Crippen LogP contribution in [-0.2, 0) is 0 Å². The van der Waals surface area contributed by atoms with Crippen LogP contribution in [0.15, 0.2) is 30.6 Å². The van der Waals surface area contributed by atoms with Gasteiger partial charge in [0.05, 0.1) is 14.2 Å². The van der Waals surface area contributed by atoms with E-state index in [-0.39, 0.29) is 5.91 Å². The smallest absolute Gasteiger partial charge is 0.270 e. The number of aromatic nitrogens is 2. The predicted octanol–water partition coefficient (Wildman–Crippen LogP) is 2.62. The Hall–Kier alpha value is -2.83. The van der Waals surface area contributed by atoms with Crippen LogP contribution in [0.5, 0.6) is 11.5 Å². The number of ether oxygens (including phenoxy) is 2. The van der Waals surface area contributed by atoms with Crippen molar-refractivity contribution in [1.29, 1.82) is 0 Å². The second-order valence-electron chi connectivity index (χ2n) is 5.59. The molecule has 1 aromatic heterocycles. The molecule has 0 radical (unpaired) electrons. The van der Waals surface area contributed by atoms with Crippen LogP contribution in [0.4, 0.5) is 11.5 Å². The summed E-state index contributed by atoms with van der Waals surface area (Å²) < 4.78 is 10.5. The van der Waals surface area contributed by atoms with Gasteiger partial charge in [-0.25, -0.2) is 9.97 Å². The Morgan fingerprint density at radius 1 is 1.12 bits per heavy atom. The van der Waals surface area contributed by atoms with Gasteiger partial charge in [-0.1, -0.05) is 13.8 Å². The third kappa shape index (κ3) is 4.58. The molecule has 1 amide bonds. The van der Waals surface area contributed by atoms with E-state index in [0.29, 0.717) is 35.5 Å². The highest BCUT2D eigenvalue weighted by Gasteiger charge is 2.10. The van der Waals surface area contributed by atoms with Gasteiger partial charge < -0.3 is 20.1 Å². The molecule has 2 aromatic rings. The molecule has 2 N–H and O–H groups in total. The SMILES string of the molecule is COc1ccc(Nc2cc(C(=O)NCC(C)C)ncn2)cc1OC. The molecule has 0 unspecified atom stereocenters. The average molecular weight is 330 g/mol. The lowest BCUT2D eigenvalue weighted by atomic mass is 10.2. The van der Waals surface area contributed by atoms with E-state index in [0.717, 1.165) is 5.69 Å². The molecule has 0 aliphatic heterocycles. The quantitative estimate of drug-likeness (QED) is 0.812. The molecule has 1 aromatic carbocycles. The summed E-state index contributed by atoms with van der Waals surface area (Å²) in [6, 6.07) is 7.02. The van der Waals surface area contributed by atoms with Crippen molar-refractivity contribution in [3.05, 3.63) is 36.3 Å². The van der Waals surface area contributed by atoms with E-state index in [4.69, 9.17) is 9.47 Å². The summed E-state index contributed by atoms with van der Waals surface area (Å²) in [5.74, 6) is 1.92. The first-order chi connectivity index (χ1) is 11.5. The second-order valence-corrected chi connectivity index (χ2v) is 5.59. The molecule has 0 atom stereocenters.